The highest BCUT2D eigenvalue weighted by Crippen LogP contribution is 2.20. The summed E-state index contributed by atoms with van der Waals surface area (Å²) in [6, 6.07) is 11.9. The molecule has 0 aliphatic carbocycles. The van der Waals surface area contributed by atoms with Crippen LogP contribution in [0, 0.1) is 12.7 Å². The van der Waals surface area contributed by atoms with Gasteiger partial charge in [0.05, 0.1) is 17.2 Å². The first-order chi connectivity index (χ1) is 14.5. The normalized spacial score (nSPS) is 14.4. The predicted molar refractivity (Wildman–Crippen MR) is 114 cm³/mol. The maximum absolute atomic E-state index is 13.9. The highest BCUT2D eigenvalue weighted by Gasteiger charge is 2.25. The molecule has 0 spiro atoms. The summed E-state index contributed by atoms with van der Waals surface area (Å²) < 4.78 is 19.6. The van der Waals surface area contributed by atoms with Crippen molar-refractivity contribution in [2.24, 2.45) is 0 Å². The van der Waals surface area contributed by atoms with Gasteiger partial charge in [-0.15, -0.1) is 0 Å². The van der Waals surface area contributed by atoms with Gasteiger partial charge in [0.2, 0.25) is 5.91 Å². The molecule has 0 unspecified atom stereocenters. The van der Waals surface area contributed by atoms with Gasteiger partial charge in [-0.25, -0.2) is 4.39 Å². The van der Waals surface area contributed by atoms with Crippen LogP contribution in [-0.2, 0) is 4.79 Å². The van der Waals surface area contributed by atoms with Crippen LogP contribution in [-0.4, -0.2) is 42.5 Å². The molecule has 1 aliphatic heterocycles. The standard InChI is InChI=1S/C23H26ClFN2O3/c1-16-6-2-3-9-20(16)30-15-5-10-21(28)27-13-11-17(12-14-27)26-23(29)22-18(24)7-4-8-19(22)25/h2-4,6-9,17H,5,10-15H2,1H3,(H,26,29). The summed E-state index contributed by atoms with van der Waals surface area (Å²) in [4.78, 5) is 26.6. The highest BCUT2D eigenvalue weighted by atomic mass is 35.5. The number of para-hydroxylation sites is 1. The number of likely N-dealkylation sites (tertiary alicyclic amines) is 1. The van der Waals surface area contributed by atoms with E-state index >= 15 is 0 Å². The molecule has 3 rings (SSSR count). The minimum atomic E-state index is -0.638. The van der Waals surface area contributed by atoms with Crippen molar-refractivity contribution in [3.8, 4) is 5.75 Å². The van der Waals surface area contributed by atoms with Gasteiger partial charge in [0.25, 0.3) is 5.91 Å². The Hall–Kier alpha value is -2.60. The number of carbonyl (C=O) groups excluding carboxylic acids is 2. The number of benzene rings is 2. The number of halogens is 2. The molecular weight excluding hydrogens is 407 g/mol. The molecule has 1 heterocycles. The summed E-state index contributed by atoms with van der Waals surface area (Å²) in [6.45, 7) is 3.61. The molecule has 2 amide bonds. The average Bonchev–Trinajstić information content (AvgIpc) is 2.72. The fourth-order valence-corrected chi connectivity index (χ4v) is 3.78. The van der Waals surface area contributed by atoms with Crippen LogP contribution >= 0.6 is 11.6 Å². The number of hydrogen-bond acceptors (Lipinski definition) is 3. The number of nitrogens with zero attached hydrogens (tertiary/aromatic N) is 1. The second kappa shape index (κ2) is 10.4. The molecule has 5 nitrogen and oxygen atoms in total. The van der Waals surface area contributed by atoms with Crippen LogP contribution in [0.2, 0.25) is 5.02 Å². The number of amides is 2. The van der Waals surface area contributed by atoms with Crippen molar-refractivity contribution < 1.29 is 18.7 Å². The lowest BCUT2D eigenvalue weighted by Crippen LogP contribution is -2.46. The fourth-order valence-electron chi connectivity index (χ4n) is 3.53. The van der Waals surface area contributed by atoms with Crippen LogP contribution in [0.3, 0.4) is 0 Å². The van der Waals surface area contributed by atoms with Crippen LogP contribution in [0.15, 0.2) is 42.5 Å². The van der Waals surface area contributed by atoms with E-state index in [1.54, 1.807) is 0 Å². The zero-order valence-corrected chi connectivity index (χ0v) is 17.8. The molecular formula is C23H26ClFN2O3. The number of rotatable bonds is 7. The Balaban J connectivity index is 1.39. The molecule has 1 N–H and O–H groups in total. The molecule has 0 radical (unpaired) electrons. The summed E-state index contributed by atoms with van der Waals surface area (Å²) in [7, 11) is 0. The summed E-state index contributed by atoms with van der Waals surface area (Å²) in [6.07, 6.45) is 2.33. The maximum atomic E-state index is 13.9. The second-order valence-corrected chi connectivity index (χ2v) is 7.85. The van der Waals surface area contributed by atoms with Gasteiger partial charge in [-0.05, 0) is 49.9 Å². The molecule has 1 fully saturated rings. The van der Waals surface area contributed by atoms with E-state index in [4.69, 9.17) is 16.3 Å². The predicted octanol–water partition coefficient (Wildman–Crippen LogP) is 4.37. The third-order valence-corrected chi connectivity index (χ3v) is 5.57. The van der Waals surface area contributed by atoms with E-state index in [1.165, 1.54) is 18.2 Å². The van der Waals surface area contributed by atoms with E-state index in [1.807, 2.05) is 36.1 Å². The third kappa shape index (κ3) is 5.72. The first-order valence-electron chi connectivity index (χ1n) is 10.2. The molecule has 1 saturated heterocycles. The van der Waals surface area contributed by atoms with E-state index in [0.717, 1.165) is 11.3 Å². The molecule has 0 atom stereocenters. The van der Waals surface area contributed by atoms with Gasteiger partial charge < -0.3 is 15.0 Å². The van der Waals surface area contributed by atoms with E-state index < -0.39 is 11.7 Å². The largest absolute Gasteiger partial charge is 0.493 e. The summed E-state index contributed by atoms with van der Waals surface area (Å²) >= 11 is 5.95. The molecule has 2 aromatic carbocycles. The second-order valence-electron chi connectivity index (χ2n) is 7.44. The van der Waals surface area contributed by atoms with Crippen molar-refractivity contribution in [1.82, 2.24) is 10.2 Å². The van der Waals surface area contributed by atoms with Crippen LogP contribution in [0.5, 0.6) is 5.75 Å². The van der Waals surface area contributed by atoms with Crippen LogP contribution < -0.4 is 10.1 Å². The number of nitrogens with one attached hydrogen (secondary N) is 1. The summed E-state index contributed by atoms with van der Waals surface area (Å²) in [5, 5.41) is 2.92. The Morgan fingerprint density at radius 3 is 2.60 bits per heavy atom. The van der Waals surface area contributed by atoms with Crippen molar-refractivity contribution in [1.29, 1.82) is 0 Å². The van der Waals surface area contributed by atoms with Gasteiger partial charge in [0.15, 0.2) is 0 Å². The van der Waals surface area contributed by atoms with Gasteiger partial charge in [-0.3, -0.25) is 9.59 Å². The van der Waals surface area contributed by atoms with Crippen LogP contribution in [0.4, 0.5) is 4.39 Å². The van der Waals surface area contributed by atoms with Crippen molar-refractivity contribution in [2.75, 3.05) is 19.7 Å². The maximum Gasteiger partial charge on any atom is 0.255 e. The first-order valence-corrected chi connectivity index (χ1v) is 10.5. The molecule has 2 aromatic rings. The molecule has 160 valence electrons. The smallest absolute Gasteiger partial charge is 0.255 e. The van der Waals surface area contributed by atoms with E-state index in [-0.39, 0.29) is 22.5 Å². The fraction of sp³-hybridized carbons (Fsp3) is 0.391. The number of piperidine rings is 1. The minimum absolute atomic E-state index is 0.0882. The average molecular weight is 433 g/mol. The number of aryl methyl sites for hydroxylation is 1. The van der Waals surface area contributed by atoms with Gasteiger partial charge in [0.1, 0.15) is 11.6 Å². The zero-order chi connectivity index (χ0) is 21.5. The monoisotopic (exact) mass is 432 g/mol. The van der Waals surface area contributed by atoms with E-state index in [2.05, 4.69) is 5.32 Å². The van der Waals surface area contributed by atoms with E-state index in [9.17, 15) is 14.0 Å². The highest BCUT2D eigenvalue weighted by molar-refractivity contribution is 6.33. The van der Waals surface area contributed by atoms with Crippen molar-refractivity contribution in [2.45, 2.75) is 38.6 Å². The van der Waals surface area contributed by atoms with E-state index in [0.29, 0.717) is 45.4 Å². The van der Waals surface area contributed by atoms with Crippen LogP contribution in [0.25, 0.3) is 0 Å². The lowest BCUT2D eigenvalue weighted by molar-refractivity contribution is -0.132. The quantitative estimate of drug-likeness (QED) is 0.661. The Morgan fingerprint density at radius 1 is 1.17 bits per heavy atom. The lowest BCUT2D eigenvalue weighted by atomic mass is 10.0. The lowest BCUT2D eigenvalue weighted by Gasteiger charge is -2.32. The summed E-state index contributed by atoms with van der Waals surface area (Å²) in [5.41, 5.74) is 0.941. The zero-order valence-electron chi connectivity index (χ0n) is 17.0. The van der Waals surface area contributed by atoms with Gasteiger partial charge in [-0.1, -0.05) is 35.9 Å². The van der Waals surface area contributed by atoms with Crippen molar-refractivity contribution in [3.05, 3.63) is 64.4 Å². The molecule has 30 heavy (non-hydrogen) atoms. The topological polar surface area (TPSA) is 58.6 Å². The SMILES string of the molecule is Cc1ccccc1OCCCC(=O)N1CCC(NC(=O)c2c(F)cccc2Cl)CC1. The van der Waals surface area contributed by atoms with Crippen molar-refractivity contribution >= 4 is 23.4 Å². The minimum Gasteiger partial charge on any atom is -0.493 e. The number of hydrogen-bond donors (Lipinski definition) is 1. The molecule has 1 aliphatic rings. The van der Waals surface area contributed by atoms with Crippen LogP contribution in [0.1, 0.15) is 41.6 Å². The molecule has 7 heteroatoms. The van der Waals surface area contributed by atoms with Gasteiger partial charge in [0, 0.05) is 25.6 Å². The Bertz CT molecular complexity index is 878. The van der Waals surface area contributed by atoms with Gasteiger partial charge >= 0.3 is 0 Å². The Morgan fingerprint density at radius 2 is 1.90 bits per heavy atom. The number of ether oxygens (including phenoxy) is 1. The molecule has 0 bridgehead atoms. The molecule has 0 saturated carbocycles. The Labute approximate surface area is 181 Å². The van der Waals surface area contributed by atoms with Gasteiger partial charge in [-0.2, -0.15) is 0 Å². The first kappa shape index (κ1) is 22.1. The third-order valence-electron chi connectivity index (χ3n) is 5.26. The summed E-state index contributed by atoms with van der Waals surface area (Å²) in [5.74, 6) is -0.224. The number of carbonyl (C=O) groups is 2. The Kier molecular flexibility index (Phi) is 7.69. The molecule has 0 aromatic heterocycles. The van der Waals surface area contributed by atoms with Crippen molar-refractivity contribution in [3.63, 3.8) is 0 Å².